The van der Waals surface area contributed by atoms with Crippen molar-refractivity contribution >= 4 is 40.6 Å². The van der Waals surface area contributed by atoms with Gasteiger partial charge in [0.05, 0.1) is 11.5 Å². The van der Waals surface area contributed by atoms with Gasteiger partial charge in [-0.05, 0) is 54.1 Å². The molecule has 2 saturated heterocycles. The molecule has 0 N–H and O–H groups in total. The van der Waals surface area contributed by atoms with Gasteiger partial charge in [0.25, 0.3) is 11.1 Å². The van der Waals surface area contributed by atoms with E-state index in [1.165, 1.54) is 0 Å². The Morgan fingerprint density at radius 3 is 2.36 bits per heavy atom. The van der Waals surface area contributed by atoms with E-state index in [0.29, 0.717) is 24.6 Å². The molecule has 0 saturated carbocycles. The number of para-hydroxylation sites is 1. The zero-order chi connectivity index (χ0) is 23.2. The van der Waals surface area contributed by atoms with E-state index in [2.05, 4.69) is 17.0 Å². The van der Waals surface area contributed by atoms with E-state index in [9.17, 15) is 14.4 Å². The van der Waals surface area contributed by atoms with E-state index in [1.54, 1.807) is 11.0 Å². The molecule has 33 heavy (non-hydrogen) atoms. The molecule has 7 nitrogen and oxygen atoms in total. The van der Waals surface area contributed by atoms with E-state index < -0.39 is 11.1 Å². The summed E-state index contributed by atoms with van der Waals surface area (Å²) in [6, 6.07) is 17.4. The molecule has 2 aliphatic rings. The minimum Gasteiger partial charge on any atom is -0.494 e. The first-order valence-corrected chi connectivity index (χ1v) is 11.9. The number of ether oxygens (including phenoxy) is 1. The van der Waals surface area contributed by atoms with Gasteiger partial charge in [-0.2, -0.15) is 0 Å². The number of anilines is 1. The number of hydrogen-bond donors (Lipinski definition) is 0. The van der Waals surface area contributed by atoms with Gasteiger partial charge in [-0.3, -0.25) is 19.3 Å². The minimum absolute atomic E-state index is 0.205. The lowest BCUT2D eigenvalue weighted by molar-refractivity contribution is -0.136. The molecule has 3 amide bonds. The maximum atomic E-state index is 12.8. The van der Waals surface area contributed by atoms with Crippen molar-refractivity contribution in [2.75, 3.05) is 44.2 Å². The number of piperazine rings is 1. The second-order valence-electron chi connectivity index (χ2n) is 7.89. The van der Waals surface area contributed by atoms with Crippen LogP contribution in [0.25, 0.3) is 6.08 Å². The van der Waals surface area contributed by atoms with Crippen LogP contribution in [0.1, 0.15) is 18.9 Å². The lowest BCUT2D eigenvalue weighted by Crippen LogP contribution is -2.51. The molecule has 2 aromatic carbocycles. The summed E-state index contributed by atoms with van der Waals surface area (Å²) in [7, 11) is 0. The molecule has 2 fully saturated rings. The summed E-state index contributed by atoms with van der Waals surface area (Å²) in [5.41, 5.74) is 1.93. The molecule has 0 bridgehead atoms. The lowest BCUT2D eigenvalue weighted by Gasteiger charge is -2.36. The van der Waals surface area contributed by atoms with Crippen LogP contribution < -0.4 is 9.64 Å². The number of carbonyl (C=O) groups excluding carboxylic acids is 3. The van der Waals surface area contributed by atoms with Crippen LogP contribution in [0.15, 0.2) is 59.5 Å². The fourth-order valence-electron chi connectivity index (χ4n) is 3.76. The van der Waals surface area contributed by atoms with Crippen LogP contribution in [0, 0.1) is 0 Å². The number of carbonyl (C=O) groups is 3. The monoisotopic (exact) mass is 465 g/mol. The highest BCUT2D eigenvalue weighted by Crippen LogP contribution is 2.32. The Bertz CT molecular complexity index is 1030. The van der Waals surface area contributed by atoms with Crippen LogP contribution in [-0.4, -0.2) is 66.2 Å². The second kappa shape index (κ2) is 10.6. The normalized spacial score (nSPS) is 17.7. The number of rotatable bonds is 7. The standard InChI is InChI=1S/C25H27N3O4S/c1-2-16-32-21-10-8-19(9-11-21)17-22-24(30)28(25(31)33-22)18-23(29)27-14-12-26(13-15-27)20-6-4-3-5-7-20/h3-11,17H,2,12-16,18H2,1H3/b22-17-. The first kappa shape index (κ1) is 22.9. The van der Waals surface area contributed by atoms with E-state index in [0.717, 1.165) is 53.2 Å². The molecule has 0 aliphatic carbocycles. The van der Waals surface area contributed by atoms with Gasteiger partial charge in [0.2, 0.25) is 5.91 Å². The van der Waals surface area contributed by atoms with Gasteiger partial charge in [-0.1, -0.05) is 37.3 Å². The number of benzene rings is 2. The largest absolute Gasteiger partial charge is 0.494 e. The van der Waals surface area contributed by atoms with Crippen LogP contribution in [0.5, 0.6) is 5.75 Å². The number of hydrogen-bond acceptors (Lipinski definition) is 6. The van der Waals surface area contributed by atoms with E-state index >= 15 is 0 Å². The van der Waals surface area contributed by atoms with Crippen LogP contribution in [-0.2, 0) is 9.59 Å². The van der Waals surface area contributed by atoms with Crippen LogP contribution in [0.3, 0.4) is 0 Å². The van der Waals surface area contributed by atoms with Crippen molar-refractivity contribution in [3.05, 3.63) is 65.1 Å². The Labute approximate surface area is 198 Å². The Kier molecular flexibility index (Phi) is 7.34. The summed E-state index contributed by atoms with van der Waals surface area (Å²) in [6.07, 6.45) is 2.61. The summed E-state index contributed by atoms with van der Waals surface area (Å²) in [6.45, 7) is 5.02. The summed E-state index contributed by atoms with van der Waals surface area (Å²) in [5, 5.41) is -0.412. The van der Waals surface area contributed by atoms with E-state index in [4.69, 9.17) is 4.74 Å². The topological polar surface area (TPSA) is 70.2 Å². The van der Waals surface area contributed by atoms with Gasteiger partial charge in [-0.25, -0.2) is 0 Å². The maximum absolute atomic E-state index is 12.8. The summed E-state index contributed by atoms with van der Waals surface area (Å²) >= 11 is 0.869. The third kappa shape index (κ3) is 5.57. The molecule has 2 heterocycles. The highest BCUT2D eigenvalue weighted by Gasteiger charge is 2.37. The maximum Gasteiger partial charge on any atom is 0.294 e. The molecule has 2 aliphatic heterocycles. The SMILES string of the molecule is CCCOc1ccc(/C=C2\SC(=O)N(CC(=O)N3CCN(c4ccccc4)CC3)C2=O)cc1. The average molecular weight is 466 g/mol. The van der Waals surface area contributed by atoms with E-state index in [1.807, 2.05) is 49.4 Å². The van der Waals surface area contributed by atoms with Crippen LogP contribution in [0.2, 0.25) is 0 Å². The van der Waals surface area contributed by atoms with Gasteiger partial charge < -0.3 is 14.5 Å². The molecular formula is C25H27N3O4S. The fraction of sp³-hybridized carbons (Fsp3) is 0.320. The Hall–Kier alpha value is -3.26. The molecular weight excluding hydrogens is 438 g/mol. The highest BCUT2D eigenvalue weighted by atomic mass is 32.2. The van der Waals surface area contributed by atoms with Crippen molar-refractivity contribution in [3.8, 4) is 5.75 Å². The fourth-order valence-corrected chi connectivity index (χ4v) is 4.59. The predicted molar refractivity (Wildman–Crippen MR) is 130 cm³/mol. The number of imide groups is 1. The van der Waals surface area contributed by atoms with Gasteiger partial charge >= 0.3 is 0 Å². The number of thioether (sulfide) groups is 1. The van der Waals surface area contributed by atoms with Crippen molar-refractivity contribution in [2.45, 2.75) is 13.3 Å². The first-order valence-electron chi connectivity index (χ1n) is 11.1. The Morgan fingerprint density at radius 1 is 1.00 bits per heavy atom. The van der Waals surface area contributed by atoms with Gasteiger partial charge in [-0.15, -0.1) is 0 Å². The predicted octanol–water partition coefficient (Wildman–Crippen LogP) is 3.86. The van der Waals surface area contributed by atoms with Crippen molar-refractivity contribution in [1.29, 1.82) is 0 Å². The van der Waals surface area contributed by atoms with Crippen LogP contribution >= 0.6 is 11.8 Å². The van der Waals surface area contributed by atoms with Crippen molar-refractivity contribution in [1.82, 2.24) is 9.80 Å². The van der Waals surface area contributed by atoms with Gasteiger partial charge in [0, 0.05) is 31.9 Å². The third-order valence-corrected chi connectivity index (χ3v) is 6.48. The van der Waals surface area contributed by atoms with Crippen molar-refractivity contribution < 1.29 is 19.1 Å². The van der Waals surface area contributed by atoms with Crippen molar-refractivity contribution in [2.24, 2.45) is 0 Å². The van der Waals surface area contributed by atoms with Gasteiger partial charge in [0.15, 0.2) is 0 Å². The Morgan fingerprint density at radius 2 is 1.70 bits per heavy atom. The smallest absolute Gasteiger partial charge is 0.294 e. The molecule has 0 aromatic heterocycles. The zero-order valence-corrected chi connectivity index (χ0v) is 19.4. The molecule has 2 aromatic rings. The van der Waals surface area contributed by atoms with Crippen molar-refractivity contribution in [3.63, 3.8) is 0 Å². The lowest BCUT2D eigenvalue weighted by atomic mass is 10.2. The third-order valence-electron chi connectivity index (χ3n) is 5.57. The molecule has 4 rings (SSSR count). The highest BCUT2D eigenvalue weighted by molar-refractivity contribution is 8.18. The summed E-state index contributed by atoms with van der Waals surface area (Å²) in [4.78, 5) is 43.4. The minimum atomic E-state index is -0.424. The van der Waals surface area contributed by atoms with Crippen LogP contribution in [0.4, 0.5) is 10.5 Å². The average Bonchev–Trinajstić information content (AvgIpc) is 3.11. The quantitative estimate of drug-likeness (QED) is 0.579. The zero-order valence-electron chi connectivity index (χ0n) is 18.6. The summed E-state index contributed by atoms with van der Waals surface area (Å²) < 4.78 is 5.57. The molecule has 0 spiro atoms. The molecule has 0 unspecified atom stereocenters. The number of amides is 3. The molecule has 0 atom stereocenters. The van der Waals surface area contributed by atoms with E-state index in [-0.39, 0.29) is 12.5 Å². The first-order chi connectivity index (χ1) is 16.0. The number of nitrogens with zero attached hydrogens (tertiary/aromatic N) is 3. The Balaban J connectivity index is 1.33. The van der Waals surface area contributed by atoms with Gasteiger partial charge in [0.1, 0.15) is 12.3 Å². The molecule has 0 radical (unpaired) electrons. The molecule has 8 heteroatoms. The summed E-state index contributed by atoms with van der Waals surface area (Å²) in [5.74, 6) is 0.135. The second-order valence-corrected chi connectivity index (χ2v) is 8.88. The molecule has 172 valence electrons.